The number of carbonyl (C=O) groups is 1. The Bertz CT molecular complexity index is 548. The molecule has 1 aliphatic rings. The van der Waals surface area contributed by atoms with Crippen LogP contribution in [0.3, 0.4) is 0 Å². The van der Waals surface area contributed by atoms with Crippen LogP contribution >= 0.6 is 11.6 Å². The number of hydrogen-bond acceptors (Lipinski definition) is 3. The number of likely N-dealkylation sites (tertiary alicyclic amines) is 1. The first-order valence-electron chi connectivity index (χ1n) is 6.87. The first-order chi connectivity index (χ1) is 9.70. The van der Waals surface area contributed by atoms with Crippen LogP contribution in [0.25, 0.3) is 0 Å². The molecule has 2 heterocycles. The lowest BCUT2D eigenvalue weighted by molar-refractivity contribution is 0.0516. The third-order valence-corrected chi connectivity index (χ3v) is 4.16. The van der Waals surface area contributed by atoms with Gasteiger partial charge in [-0.1, -0.05) is 20.8 Å². The molecule has 5 nitrogen and oxygen atoms in total. The summed E-state index contributed by atoms with van der Waals surface area (Å²) in [4.78, 5) is 20.4. The van der Waals surface area contributed by atoms with Crippen molar-refractivity contribution in [2.75, 3.05) is 6.54 Å². The Labute approximate surface area is 128 Å². The van der Waals surface area contributed by atoms with E-state index in [-0.39, 0.29) is 28.4 Å². The van der Waals surface area contributed by atoms with Crippen LogP contribution in [0.1, 0.15) is 45.2 Å². The molecule has 0 unspecified atom stereocenters. The summed E-state index contributed by atoms with van der Waals surface area (Å²) >= 11 is 5.75. The van der Waals surface area contributed by atoms with Crippen molar-refractivity contribution in [3.63, 3.8) is 0 Å². The fourth-order valence-electron chi connectivity index (χ4n) is 2.91. The molecule has 1 saturated heterocycles. The summed E-state index contributed by atoms with van der Waals surface area (Å²) in [6, 6.07) is -0.193. The zero-order valence-electron chi connectivity index (χ0n) is 12.3. The monoisotopic (exact) mass is 315 g/mol. The van der Waals surface area contributed by atoms with Gasteiger partial charge in [-0.05, 0) is 29.9 Å². The number of piperidine rings is 1. The van der Waals surface area contributed by atoms with Crippen molar-refractivity contribution in [1.82, 2.24) is 14.9 Å². The quantitative estimate of drug-likeness (QED) is 0.805. The van der Waals surface area contributed by atoms with Gasteiger partial charge in [-0.2, -0.15) is 0 Å². The summed E-state index contributed by atoms with van der Waals surface area (Å²) in [6.45, 7) is 6.32. The van der Waals surface area contributed by atoms with Gasteiger partial charge in [0.1, 0.15) is 0 Å². The second-order valence-corrected chi connectivity index (χ2v) is 6.79. The minimum absolute atomic E-state index is 0.0133. The normalized spacial score (nSPS) is 23.2. The van der Waals surface area contributed by atoms with E-state index in [4.69, 9.17) is 11.6 Å². The first kappa shape index (κ1) is 15.9. The molecule has 0 aliphatic carbocycles. The van der Waals surface area contributed by atoms with E-state index in [1.54, 1.807) is 0 Å². The Hall–Kier alpha value is -1.43. The van der Waals surface area contributed by atoms with Gasteiger partial charge in [0, 0.05) is 18.5 Å². The zero-order chi connectivity index (χ0) is 15.8. The van der Waals surface area contributed by atoms with Crippen molar-refractivity contribution < 1.29 is 14.3 Å². The molecule has 1 aromatic rings. The molecule has 0 saturated carbocycles. The fourth-order valence-corrected chi connectivity index (χ4v) is 3.05. The third kappa shape index (κ3) is 3.43. The van der Waals surface area contributed by atoms with Crippen LogP contribution in [0.15, 0.2) is 6.20 Å². The highest BCUT2D eigenvalue weighted by molar-refractivity contribution is 6.28. The van der Waals surface area contributed by atoms with E-state index in [1.807, 2.05) is 20.8 Å². The Morgan fingerprint density at radius 3 is 2.76 bits per heavy atom. The topological polar surface area (TPSA) is 66.3 Å². The standard InChI is InChI=1S/C14H19ClFN3O2/c1-14(2,3)10-6-8(4-5-19(10)13(20)21)11-9(16)7-17-12(15)18-11/h7-8,10H,4-6H2,1-3H3,(H,20,21)/t8-,10+/m0/s1. The van der Waals surface area contributed by atoms with E-state index in [2.05, 4.69) is 9.97 Å². The highest BCUT2D eigenvalue weighted by Gasteiger charge is 2.40. The number of hydrogen-bond donors (Lipinski definition) is 1. The molecular formula is C14H19ClFN3O2. The summed E-state index contributed by atoms with van der Waals surface area (Å²) in [5.41, 5.74) is 0.0546. The van der Waals surface area contributed by atoms with Crippen LogP contribution in [0, 0.1) is 11.2 Å². The summed E-state index contributed by atoms with van der Waals surface area (Å²) < 4.78 is 13.9. The van der Waals surface area contributed by atoms with Crippen LogP contribution in [-0.4, -0.2) is 38.7 Å². The van der Waals surface area contributed by atoms with Gasteiger partial charge in [0.2, 0.25) is 5.28 Å². The van der Waals surface area contributed by atoms with Crippen molar-refractivity contribution in [2.45, 2.75) is 45.6 Å². The van der Waals surface area contributed by atoms with Crippen molar-refractivity contribution >= 4 is 17.7 Å². The maximum absolute atomic E-state index is 13.9. The number of aromatic nitrogens is 2. The van der Waals surface area contributed by atoms with Gasteiger partial charge in [-0.15, -0.1) is 0 Å². The smallest absolute Gasteiger partial charge is 0.407 e. The minimum atomic E-state index is -0.936. The van der Waals surface area contributed by atoms with Crippen LogP contribution in [0.5, 0.6) is 0 Å². The van der Waals surface area contributed by atoms with Gasteiger partial charge >= 0.3 is 6.09 Å². The van der Waals surface area contributed by atoms with Crippen LogP contribution in [0.4, 0.5) is 9.18 Å². The molecule has 0 radical (unpaired) electrons. The minimum Gasteiger partial charge on any atom is -0.465 e. The maximum atomic E-state index is 13.9. The predicted molar refractivity (Wildman–Crippen MR) is 76.9 cm³/mol. The van der Waals surface area contributed by atoms with E-state index >= 15 is 0 Å². The van der Waals surface area contributed by atoms with Crippen molar-refractivity contribution in [2.24, 2.45) is 5.41 Å². The molecule has 1 amide bonds. The Balaban J connectivity index is 2.29. The van der Waals surface area contributed by atoms with Crippen molar-refractivity contribution in [1.29, 1.82) is 0 Å². The molecule has 1 fully saturated rings. The summed E-state index contributed by atoms with van der Waals surface area (Å²) in [7, 11) is 0. The van der Waals surface area contributed by atoms with Gasteiger partial charge in [0.15, 0.2) is 5.82 Å². The first-order valence-corrected chi connectivity index (χ1v) is 7.25. The Kier molecular flexibility index (Phi) is 4.37. The van der Waals surface area contributed by atoms with Crippen LogP contribution < -0.4 is 0 Å². The molecule has 116 valence electrons. The Morgan fingerprint density at radius 1 is 1.52 bits per heavy atom. The van der Waals surface area contributed by atoms with E-state index < -0.39 is 11.9 Å². The lowest BCUT2D eigenvalue weighted by Crippen LogP contribution is -2.51. The van der Waals surface area contributed by atoms with Gasteiger partial charge in [0.25, 0.3) is 0 Å². The number of nitrogens with zero attached hydrogens (tertiary/aromatic N) is 3. The molecule has 0 bridgehead atoms. The van der Waals surface area contributed by atoms with Crippen LogP contribution in [0.2, 0.25) is 5.28 Å². The molecule has 0 spiro atoms. The molecule has 2 atom stereocenters. The molecule has 1 N–H and O–H groups in total. The van der Waals surface area contributed by atoms with Gasteiger partial charge < -0.3 is 10.0 Å². The predicted octanol–water partition coefficient (Wildman–Crippen LogP) is 3.54. The van der Waals surface area contributed by atoms with Gasteiger partial charge in [0.05, 0.1) is 11.9 Å². The lowest BCUT2D eigenvalue weighted by Gasteiger charge is -2.44. The zero-order valence-corrected chi connectivity index (χ0v) is 13.1. The number of rotatable bonds is 1. The summed E-state index contributed by atoms with van der Waals surface area (Å²) in [6.07, 6.45) is 1.19. The average molecular weight is 316 g/mol. The number of carboxylic acid groups (broad SMARTS) is 1. The van der Waals surface area contributed by atoms with E-state index in [1.165, 1.54) is 4.90 Å². The van der Waals surface area contributed by atoms with Gasteiger partial charge in [-0.3, -0.25) is 0 Å². The Morgan fingerprint density at radius 2 is 2.19 bits per heavy atom. The second-order valence-electron chi connectivity index (χ2n) is 6.45. The largest absolute Gasteiger partial charge is 0.465 e. The van der Waals surface area contributed by atoms with Crippen molar-refractivity contribution in [3.05, 3.63) is 23.0 Å². The highest BCUT2D eigenvalue weighted by Crippen LogP contribution is 2.39. The molecule has 7 heteroatoms. The van der Waals surface area contributed by atoms with E-state index in [9.17, 15) is 14.3 Å². The van der Waals surface area contributed by atoms with Crippen molar-refractivity contribution in [3.8, 4) is 0 Å². The lowest BCUT2D eigenvalue weighted by atomic mass is 9.76. The molecule has 2 rings (SSSR count). The summed E-state index contributed by atoms with van der Waals surface area (Å²) in [5.74, 6) is -0.633. The highest BCUT2D eigenvalue weighted by atomic mass is 35.5. The SMILES string of the molecule is CC(C)(C)[C@H]1C[C@@H](c2nc(Cl)ncc2F)CCN1C(=O)O. The molecule has 21 heavy (non-hydrogen) atoms. The molecule has 0 aromatic carbocycles. The number of halogens is 2. The number of amides is 1. The van der Waals surface area contributed by atoms with Gasteiger partial charge in [-0.25, -0.2) is 19.2 Å². The maximum Gasteiger partial charge on any atom is 0.407 e. The fraction of sp³-hybridized carbons (Fsp3) is 0.643. The van der Waals surface area contributed by atoms with E-state index in [0.29, 0.717) is 19.4 Å². The molecule has 1 aromatic heterocycles. The van der Waals surface area contributed by atoms with Crippen LogP contribution in [-0.2, 0) is 0 Å². The average Bonchev–Trinajstić information content (AvgIpc) is 2.40. The van der Waals surface area contributed by atoms with E-state index in [0.717, 1.165) is 6.20 Å². The molecular weight excluding hydrogens is 297 g/mol. The summed E-state index contributed by atoms with van der Waals surface area (Å²) in [5, 5.41) is 9.35. The second kappa shape index (κ2) is 5.75. The third-order valence-electron chi connectivity index (χ3n) is 3.98. The molecule has 1 aliphatic heterocycles.